The van der Waals surface area contributed by atoms with Crippen molar-refractivity contribution in [3.05, 3.63) is 181 Å². The maximum Gasteiger partial charge on any atom is 0.0979 e. The van der Waals surface area contributed by atoms with Gasteiger partial charge in [-0.1, -0.05) is 147 Å². The average Bonchev–Trinajstić information content (AvgIpc) is 3.45. The highest BCUT2D eigenvalue weighted by Gasteiger charge is 2.35. The predicted molar refractivity (Wildman–Crippen MR) is 223 cm³/mol. The van der Waals surface area contributed by atoms with Gasteiger partial charge in [0, 0.05) is 21.8 Å². The van der Waals surface area contributed by atoms with Crippen molar-refractivity contribution < 1.29 is 0 Å². The van der Waals surface area contributed by atoms with Crippen LogP contribution in [0.15, 0.2) is 170 Å². The van der Waals surface area contributed by atoms with Crippen molar-refractivity contribution in [1.82, 2.24) is 9.97 Å². The molecule has 0 N–H and O–H groups in total. The van der Waals surface area contributed by atoms with Gasteiger partial charge in [0.25, 0.3) is 0 Å². The van der Waals surface area contributed by atoms with Gasteiger partial charge >= 0.3 is 0 Å². The van der Waals surface area contributed by atoms with Crippen LogP contribution in [-0.4, -0.2) is 9.97 Å². The maximum absolute atomic E-state index is 5.43. The summed E-state index contributed by atoms with van der Waals surface area (Å²) in [5.74, 6) is 0. The number of hydrogen-bond acceptors (Lipinski definition) is 2. The van der Waals surface area contributed by atoms with E-state index in [0.29, 0.717) is 0 Å². The van der Waals surface area contributed by atoms with Crippen molar-refractivity contribution >= 4 is 54.1 Å². The highest BCUT2D eigenvalue weighted by Crippen LogP contribution is 2.50. The van der Waals surface area contributed by atoms with E-state index < -0.39 is 0 Å². The van der Waals surface area contributed by atoms with Gasteiger partial charge in [0.1, 0.15) is 0 Å². The molecule has 53 heavy (non-hydrogen) atoms. The molecule has 10 aromatic rings. The second-order valence-corrected chi connectivity index (χ2v) is 15.0. The van der Waals surface area contributed by atoms with E-state index in [0.717, 1.165) is 44.0 Å². The summed E-state index contributed by atoms with van der Waals surface area (Å²) < 4.78 is 0. The Balaban J connectivity index is 1.12. The first-order valence-corrected chi connectivity index (χ1v) is 18.4. The lowest BCUT2D eigenvalue weighted by Crippen LogP contribution is -2.14. The molecule has 0 unspecified atom stereocenters. The number of hydrogen-bond donors (Lipinski definition) is 0. The van der Waals surface area contributed by atoms with Crippen molar-refractivity contribution in [3.63, 3.8) is 0 Å². The van der Waals surface area contributed by atoms with E-state index in [1.165, 1.54) is 65.9 Å². The molecule has 0 saturated carbocycles. The zero-order chi connectivity index (χ0) is 35.3. The van der Waals surface area contributed by atoms with Gasteiger partial charge in [-0.2, -0.15) is 0 Å². The minimum absolute atomic E-state index is 0.0684. The molecular formula is C51H34N2. The predicted octanol–water partition coefficient (Wildman–Crippen LogP) is 13.5. The fourth-order valence-corrected chi connectivity index (χ4v) is 9.03. The van der Waals surface area contributed by atoms with Gasteiger partial charge in [0.05, 0.1) is 22.9 Å². The molecular weight excluding hydrogens is 641 g/mol. The van der Waals surface area contributed by atoms with Crippen LogP contribution in [0.4, 0.5) is 0 Å². The van der Waals surface area contributed by atoms with Crippen LogP contribution in [0, 0.1) is 0 Å². The van der Waals surface area contributed by atoms with Crippen molar-refractivity contribution in [2.45, 2.75) is 19.3 Å². The summed E-state index contributed by atoms with van der Waals surface area (Å²) in [6, 6.07) is 59.9. The topological polar surface area (TPSA) is 25.8 Å². The van der Waals surface area contributed by atoms with Crippen LogP contribution in [0.1, 0.15) is 25.0 Å². The quantitative estimate of drug-likeness (QED) is 0.174. The lowest BCUT2D eigenvalue weighted by molar-refractivity contribution is 0.660. The van der Waals surface area contributed by atoms with E-state index in [1.54, 1.807) is 0 Å². The molecule has 0 atom stereocenters. The highest BCUT2D eigenvalue weighted by molar-refractivity contribution is 6.23. The van der Waals surface area contributed by atoms with Crippen molar-refractivity contribution in [3.8, 4) is 44.6 Å². The van der Waals surface area contributed by atoms with E-state index >= 15 is 0 Å². The lowest BCUT2D eigenvalue weighted by Gasteiger charge is -2.22. The molecule has 0 spiro atoms. The third kappa shape index (κ3) is 4.45. The molecule has 9 aromatic carbocycles. The Morgan fingerprint density at radius 1 is 0.377 bits per heavy atom. The maximum atomic E-state index is 5.43. The molecule has 0 aliphatic heterocycles. The summed E-state index contributed by atoms with van der Waals surface area (Å²) in [5.41, 5.74) is 14.0. The minimum atomic E-state index is -0.0684. The summed E-state index contributed by atoms with van der Waals surface area (Å²) in [6.07, 6.45) is 1.96. The summed E-state index contributed by atoms with van der Waals surface area (Å²) in [6.45, 7) is 4.71. The van der Waals surface area contributed by atoms with E-state index in [2.05, 4.69) is 178 Å². The largest absolute Gasteiger partial charge is 0.252 e. The molecule has 2 heteroatoms. The number of rotatable bonds is 3. The van der Waals surface area contributed by atoms with E-state index in [1.807, 2.05) is 6.20 Å². The molecule has 11 rings (SSSR count). The Hall–Kier alpha value is -6.64. The lowest BCUT2D eigenvalue weighted by atomic mass is 9.81. The van der Waals surface area contributed by atoms with Crippen molar-refractivity contribution in [1.29, 1.82) is 0 Å². The van der Waals surface area contributed by atoms with Crippen molar-refractivity contribution in [2.24, 2.45) is 0 Å². The first-order chi connectivity index (χ1) is 26.0. The van der Waals surface area contributed by atoms with Crippen LogP contribution in [-0.2, 0) is 5.41 Å². The number of benzene rings is 9. The Morgan fingerprint density at radius 2 is 0.906 bits per heavy atom. The summed E-state index contributed by atoms with van der Waals surface area (Å²) >= 11 is 0. The Morgan fingerprint density at radius 3 is 1.60 bits per heavy atom. The normalized spacial score (nSPS) is 13.2. The molecule has 0 bridgehead atoms. The van der Waals surface area contributed by atoms with E-state index in [9.17, 15) is 0 Å². The fourth-order valence-electron chi connectivity index (χ4n) is 9.03. The van der Waals surface area contributed by atoms with Gasteiger partial charge in [0.2, 0.25) is 0 Å². The average molecular weight is 675 g/mol. The Kier molecular flexibility index (Phi) is 6.33. The molecule has 2 nitrogen and oxygen atoms in total. The van der Waals surface area contributed by atoms with E-state index in [-0.39, 0.29) is 5.41 Å². The third-order valence-corrected chi connectivity index (χ3v) is 11.7. The SMILES string of the molecule is CC1(C)c2ccccc2-c2ccc(-c3cc(-c4cc(-c5cnc6c7ccccc7c7ccccc7c6n5)c5ccccc5c4)cc4ccccc34)cc21. The molecule has 248 valence electrons. The smallest absolute Gasteiger partial charge is 0.0979 e. The fraction of sp³-hybridized carbons (Fsp3) is 0.0588. The van der Waals surface area contributed by atoms with Gasteiger partial charge in [-0.15, -0.1) is 0 Å². The summed E-state index contributed by atoms with van der Waals surface area (Å²) in [5, 5.41) is 9.47. The van der Waals surface area contributed by atoms with Crippen LogP contribution in [0.2, 0.25) is 0 Å². The van der Waals surface area contributed by atoms with Gasteiger partial charge in [-0.3, -0.25) is 4.98 Å². The van der Waals surface area contributed by atoms with Gasteiger partial charge in [0.15, 0.2) is 0 Å². The number of aromatic nitrogens is 2. The second kappa shape index (κ2) is 11.2. The summed E-state index contributed by atoms with van der Waals surface area (Å²) in [7, 11) is 0. The zero-order valence-electron chi connectivity index (χ0n) is 29.6. The molecule has 1 aliphatic rings. The van der Waals surface area contributed by atoms with Gasteiger partial charge in [-0.25, -0.2) is 4.98 Å². The molecule has 1 heterocycles. The van der Waals surface area contributed by atoms with Gasteiger partial charge in [-0.05, 0) is 107 Å². The Labute approximate surface area is 308 Å². The van der Waals surface area contributed by atoms with Crippen molar-refractivity contribution in [2.75, 3.05) is 0 Å². The van der Waals surface area contributed by atoms with Gasteiger partial charge < -0.3 is 0 Å². The number of fused-ring (bicyclic) bond motifs is 11. The minimum Gasteiger partial charge on any atom is -0.252 e. The molecule has 1 aliphatic carbocycles. The molecule has 0 amide bonds. The van der Waals surface area contributed by atoms with E-state index in [4.69, 9.17) is 9.97 Å². The first kappa shape index (κ1) is 30.0. The zero-order valence-corrected chi connectivity index (χ0v) is 29.6. The number of nitrogens with zero attached hydrogens (tertiary/aromatic N) is 2. The molecule has 0 fully saturated rings. The molecule has 0 radical (unpaired) electrons. The first-order valence-electron chi connectivity index (χ1n) is 18.4. The van der Waals surface area contributed by atoms with Crippen LogP contribution < -0.4 is 0 Å². The van der Waals surface area contributed by atoms with Crippen LogP contribution in [0.3, 0.4) is 0 Å². The monoisotopic (exact) mass is 674 g/mol. The second-order valence-electron chi connectivity index (χ2n) is 15.0. The van der Waals surface area contributed by atoms with Crippen LogP contribution >= 0.6 is 0 Å². The highest BCUT2D eigenvalue weighted by atomic mass is 14.8. The molecule has 0 saturated heterocycles. The molecule has 1 aromatic heterocycles. The standard InChI is InChI=1S/C51H34N2/c1-51(2)46-22-12-11-19-40(46)41-24-23-33(29-47(41)51)44-27-34(25-31-13-3-5-15-36(31)44)35-26-32-14-4-6-16-37(32)45(28-35)48-30-52-49-42-20-9-7-17-38(42)39-18-8-10-21-43(39)50(49)53-48/h3-30H,1-2H3. The Bertz CT molecular complexity index is 3120. The van der Waals surface area contributed by atoms with Crippen LogP contribution in [0.5, 0.6) is 0 Å². The third-order valence-electron chi connectivity index (χ3n) is 11.7. The van der Waals surface area contributed by atoms with Crippen LogP contribution in [0.25, 0.3) is 98.8 Å². The summed E-state index contributed by atoms with van der Waals surface area (Å²) in [4.78, 5) is 10.6.